The van der Waals surface area contributed by atoms with Gasteiger partial charge in [0.2, 0.25) is 0 Å². The van der Waals surface area contributed by atoms with Crippen molar-refractivity contribution in [1.82, 2.24) is 0 Å². The van der Waals surface area contributed by atoms with Crippen LogP contribution in [0.4, 0.5) is 0 Å². The maximum absolute atomic E-state index is 10.1. The van der Waals surface area contributed by atoms with Crippen LogP contribution in [0.25, 0.3) is 0 Å². The standard InChI is InChI=1S/C12H18O/c1-12(13)6-8-5-9(7-12)11-4-2-3-10(8)11/h2-3,8-11,13H,4-7H2,1H3. The van der Waals surface area contributed by atoms with Crippen molar-refractivity contribution in [3.05, 3.63) is 12.2 Å². The van der Waals surface area contributed by atoms with Crippen molar-refractivity contribution in [2.24, 2.45) is 23.7 Å². The van der Waals surface area contributed by atoms with Gasteiger partial charge in [0.1, 0.15) is 0 Å². The number of allylic oxidation sites excluding steroid dienone is 2. The first-order chi connectivity index (χ1) is 6.16. The van der Waals surface area contributed by atoms with Gasteiger partial charge >= 0.3 is 0 Å². The second-order valence-electron chi connectivity index (χ2n) is 5.57. The lowest BCUT2D eigenvalue weighted by Crippen LogP contribution is -2.33. The van der Waals surface area contributed by atoms with Crippen molar-refractivity contribution in [3.63, 3.8) is 0 Å². The summed E-state index contributed by atoms with van der Waals surface area (Å²) >= 11 is 0. The van der Waals surface area contributed by atoms with Gasteiger partial charge in [-0.25, -0.2) is 0 Å². The molecule has 72 valence electrons. The molecule has 0 aromatic carbocycles. The summed E-state index contributed by atoms with van der Waals surface area (Å²) in [4.78, 5) is 0. The van der Waals surface area contributed by atoms with Crippen LogP contribution in [0.2, 0.25) is 0 Å². The van der Waals surface area contributed by atoms with Crippen LogP contribution in [0, 0.1) is 23.7 Å². The number of rotatable bonds is 0. The van der Waals surface area contributed by atoms with E-state index in [-0.39, 0.29) is 5.60 Å². The quantitative estimate of drug-likeness (QED) is 0.565. The molecule has 1 N–H and O–H groups in total. The highest BCUT2D eigenvalue weighted by atomic mass is 16.3. The summed E-state index contributed by atoms with van der Waals surface area (Å²) in [7, 11) is 0. The van der Waals surface area contributed by atoms with E-state index >= 15 is 0 Å². The van der Waals surface area contributed by atoms with Gasteiger partial charge in [0.25, 0.3) is 0 Å². The van der Waals surface area contributed by atoms with Gasteiger partial charge in [-0.3, -0.25) is 0 Å². The fraction of sp³-hybridized carbons (Fsp3) is 0.833. The topological polar surface area (TPSA) is 20.2 Å². The first-order valence-electron chi connectivity index (χ1n) is 5.55. The fourth-order valence-corrected chi connectivity index (χ4v) is 4.09. The lowest BCUT2D eigenvalue weighted by Gasteiger charge is -2.34. The molecule has 0 amide bonds. The van der Waals surface area contributed by atoms with E-state index in [0.29, 0.717) is 0 Å². The molecule has 0 heterocycles. The first-order valence-corrected chi connectivity index (χ1v) is 5.55. The zero-order valence-electron chi connectivity index (χ0n) is 8.24. The molecule has 0 aliphatic heterocycles. The van der Waals surface area contributed by atoms with Crippen LogP contribution in [0.5, 0.6) is 0 Å². The van der Waals surface area contributed by atoms with Gasteiger partial charge in [-0.05, 0) is 56.3 Å². The average molecular weight is 178 g/mol. The monoisotopic (exact) mass is 178 g/mol. The number of fused-ring (bicyclic) bond motifs is 5. The Kier molecular flexibility index (Phi) is 1.48. The van der Waals surface area contributed by atoms with E-state index < -0.39 is 0 Å². The largest absolute Gasteiger partial charge is 0.390 e. The van der Waals surface area contributed by atoms with Crippen molar-refractivity contribution in [2.45, 2.75) is 38.2 Å². The summed E-state index contributed by atoms with van der Waals surface area (Å²) in [6.07, 6.45) is 9.52. The molecule has 1 heteroatoms. The van der Waals surface area contributed by atoms with Gasteiger partial charge in [-0.15, -0.1) is 0 Å². The average Bonchev–Trinajstić information content (AvgIpc) is 2.54. The second-order valence-corrected chi connectivity index (χ2v) is 5.57. The minimum Gasteiger partial charge on any atom is -0.390 e. The lowest BCUT2D eigenvalue weighted by molar-refractivity contribution is -0.00764. The highest BCUT2D eigenvalue weighted by Gasteiger charge is 2.50. The molecule has 3 aliphatic rings. The van der Waals surface area contributed by atoms with Crippen molar-refractivity contribution < 1.29 is 5.11 Å². The van der Waals surface area contributed by atoms with Crippen LogP contribution in [0.1, 0.15) is 32.6 Å². The van der Waals surface area contributed by atoms with Crippen LogP contribution in [-0.2, 0) is 0 Å². The normalized spacial score (nSPS) is 58.3. The van der Waals surface area contributed by atoms with Crippen molar-refractivity contribution in [2.75, 3.05) is 0 Å². The second kappa shape index (κ2) is 2.38. The Morgan fingerprint density at radius 2 is 2.08 bits per heavy atom. The van der Waals surface area contributed by atoms with Gasteiger partial charge in [0.15, 0.2) is 0 Å². The minimum atomic E-state index is -0.355. The van der Waals surface area contributed by atoms with Gasteiger partial charge in [0.05, 0.1) is 5.60 Å². The van der Waals surface area contributed by atoms with Crippen molar-refractivity contribution >= 4 is 0 Å². The first kappa shape index (κ1) is 8.05. The van der Waals surface area contributed by atoms with Crippen LogP contribution >= 0.6 is 0 Å². The summed E-state index contributed by atoms with van der Waals surface area (Å²) in [6.45, 7) is 2.02. The Morgan fingerprint density at radius 1 is 1.31 bits per heavy atom. The minimum absolute atomic E-state index is 0.355. The predicted octanol–water partition coefficient (Wildman–Crippen LogP) is 2.36. The van der Waals surface area contributed by atoms with E-state index in [2.05, 4.69) is 12.2 Å². The number of hydrogen-bond acceptors (Lipinski definition) is 1. The summed E-state index contributed by atoms with van der Waals surface area (Å²) in [5.74, 6) is 3.31. The molecular formula is C12H18O. The van der Waals surface area contributed by atoms with Crippen LogP contribution in [-0.4, -0.2) is 10.7 Å². The molecule has 1 nitrogen and oxygen atoms in total. The molecule has 2 fully saturated rings. The molecule has 0 aromatic rings. The molecule has 0 aromatic heterocycles. The molecule has 2 saturated carbocycles. The Labute approximate surface area is 79.8 Å². The third-order valence-electron chi connectivity index (χ3n) is 4.42. The Bertz CT molecular complexity index is 254. The van der Waals surface area contributed by atoms with E-state index in [9.17, 15) is 5.11 Å². The summed E-state index contributed by atoms with van der Waals surface area (Å²) in [6, 6.07) is 0. The molecule has 0 spiro atoms. The summed E-state index contributed by atoms with van der Waals surface area (Å²) in [5, 5.41) is 10.1. The molecule has 3 rings (SSSR count). The molecule has 5 atom stereocenters. The van der Waals surface area contributed by atoms with Gasteiger partial charge in [-0.2, -0.15) is 0 Å². The maximum atomic E-state index is 10.1. The molecule has 13 heavy (non-hydrogen) atoms. The summed E-state index contributed by atoms with van der Waals surface area (Å²) in [5.41, 5.74) is -0.355. The summed E-state index contributed by atoms with van der Waals surface area (Å²) < 4.78 is 0. The number of aliphatic hydroxyl groups is 1. The van der Waals surface area contributed by atoms with E-state index in [1.807, 2.05) is 6.92 Å². The Balaban J connectivity index is 1.90. The highest BCUT2D eigenvalue weighted by molar-refractivity contribution is 5.13. The van der Waals surface area contributed by atoms with Gasteiger partial charge in [0, 0.05) is 0 Å². The van der Waals surface area contributed by atoms with Crippen LogP contribution in [0.3, 0.4) is 0 Å². The van der Waals surface area contributed by atoms with Crippen molar-refractivity contribution in [1.29, 1.82) is 0 Å². The van der Waals surface area contributed by atoms with Gasteiger partial charge in [-0.1, -0.05) is 12.2 Å². The van der Waals surface area contributed by atoms with E-state index in [0.717, 1.165) is 36.5 Å². The van der Waals surface area contributed by atoms with E-state index in [4.69, 9.17) is 0 Å². The fourth-order valence-electron chi connectivity index (χ4n) is 4.09. The van der Waals surface area contributed by atoms with E-state index in [1.54, 1.807) is 0 Å². The smallest absolute Gasteiger partial charge is 0.0625 e. The lowest BCUT2D eigenvalue weighted by atomic mass is 9.77. The van der Waals surface area contributed by atoms with Gasteiger partial charge < -0.3 is 5.11 Å². The predicted molar refractivity (Wildman–Crippen MR) is 52.2 cm³/mol. The molecule has 2 bridgehead atoms. The third kappa shape index (κ3) is 1.10. The molecule has 0 saturated heterocycles. The zero-order valence-corrected chi connectivity index (χ0v) is 8.24. The molecule has 0 radical (unpaired) electrons. The molecule has 5 unspecified atom stereocenters. The number of hydrogen-bond donors (Lipinski definition) is 1. The third-order valence-corrected chi connectivity index (χ3v) is 4.42. The Hall–Kier alpha value is -0.300. The highest BCUT2D eigenvalue weighted by Crippen LogP contribution is 2.56. The Morgan fingerprint density at radius 3 is 2.92 bits per heavy atom. The van der Waals surface area contributed by atoms with E-state index in [1.165, 1.54) is 12.8 Å². The molecule has 3 aliphatic carbocycles. The van der Waals surface area contributed by atoms with Crippen LogP contribution < -0.4 is 0 Å². The molecular weight excluding hydrogens is 160 g/mol. The SMILES string of the molecule is CC1(O)CC2CC(C1)C1CC=CC21. The van der Waals surface area contributed by atoms with Crippen LogP contribution in [0.15, 0.2) is 12.2 Å². The zero-order chi connectivity index (χ0) is 9.05. The van der Waals surface area contributed by atoms with Crippen molar-refractivity contribution in [3.8, 4) is 0 Å². The maximum Gasteiger partial charge on any atom is 0.0625 e.